The fraction of sp³-hybridized carbons (Fsp3) is 0.318. The van der Waals surface area contributed by atoms with Gasteiger partial charge in [0.1, 0.15) is 23.0 Å². The molecule has 0 spiro atoms. The van der Waals surface area contributed by atoms with Gasteiger partial charge in [0.2, 0.25) is 0 Å². The average molecular weight is 443 g/mol. The zero-order chi connectivity index (χ0) is 23.0. The number of nitrogens with zero attached hydrogens (tertiary/aromatic N) is 1. The summed E-state index contributed by atoms with van der Waals surface area (Å²) >= 11 is 0. The molecule has 1 aromatic carbocycles. The van der Waals surface area contributed by atoms with E-state index >= 15 is 0 Å². The second kappa shape index (κ2) is 8.37. The minimum absolute atomic E-state index is 0.0270. The first kappa shape index (κ1) is 21.4. The second-order valence-electron chi connectivity index (χ2n) is 7.39. The molecule has 2 aromatic rings. The van der Waals surface area contributed by atoms with Gasteiger partial charge < -0.3 is 25.2 Å². The molecule has 3 N–H and O–H groups in total. The highest BCUT2D eigenvalue weighted by molar-refractivity contribution is 5.97. The lowest BCUT2D eigenvalue weighted by Crippen LogP contribution is -2.46. The van der Waals surface area contributed by atoms with Crippen LogP contribution in [0.1, 0.15) is 28.5 Å². The number of nitrogens with one attached hydrogen (secondary N) is 2. The Kier molecular flexibility index (Phi) is 5.60. The molecular weight excluding hydrogens is 421 g/mol. The molecule has 0 fully saturated rings. The SMILES string of the molecule is CCOC(=O)c1c(O)c2c3n(c1=O)C[C@H](C(=O)NC)OC3=C(Cc1ccc(F)cc1)CN2. The van der Waals surface area contributed by atoms with Gasteiger partial charge in [-0.1, -0.05) is 12.1 Å². The van der Waals surface area contributed by atoms with Crippen LogP contribution in [0, 0.1) is 5.82 Å². The van der Waals surface area contributed by atoms with E-state index in [-0.39, 0.29) is 42.7 Å². The number of hydrogen-bond donors (Lipinski definition) is 3. The summed E-state index contributed by atoms with van der Waals surface area (Å²) < 4.78 is 25.5. The quantitative estimate of drug-likeness (QED) is 0.598. The summed E-state index contributed by atoms with van der Waals surface area (Å²) in [4.78, 5) is 37.9. The Hall–Kier alpha value is -3.82. The number of rotatable bonds is 5. The average Bonchev–Trinajstić information content (AvgIpc) is 2.79. The number of aromatic nitrogens is 1. The minimum atomic E-state index is -1.02. The van der Waals surface area contributed by atoms with Crippen LogP contribution in [0.3, 0.4) is 0 Å². The van der Waals surface area contributed by atoms with Crippen molar-refractivity contribution >= 4 is 23.3 Å². The Morgan fingerprint density at radius 3 is 2.72 bits per heavy atom. The van der Waals surface area contributed by atoms with Gasteiger partial charge in [0.25, 0.3) is 11.5 Å². The molecule has 0 radical (unpaired) electrons. The van der Waals surface area contributed by atoms with Crippen LogP contribution in [-0.2, 0) is 27.2 Å². The van der Waals surface area contributed by atoms with Crippen LogP contribution >= 0.6 is 0 Å². The number of halogens is 1. The lowest BCUT2D eigenvalue weighted by Gasteiger charge is -2.35. The Morgan fingerprint density at radius 2 is 2.06 bits per heavy atom. The number of carbonyl (C=O) groups excluding carboxylic acids is 2. The van der Waals surface area contributed by atoms with Crippen LogP contribution in [0.5, 0.6) is 5.75 Å². The highest BCUT2D eigenvalue weighted by Gasteiger charge is 2.39. The van der Waals surface area contributed by atoms with Crippen molar-refractivity contribution in [1.82, 2.24) is 9.88 Å². The van der Waals surface area contributed by atoms with Crippen molar-refractivity contribution in [1.29, 1.82) is 0 Å². The van der Waals surface area contributed by atoms with Gasteiger partial charge in [-0.3, -0.25) is 14.2 Å². The number of ether oxygens (including phenoxy) is 2. The lowest BCUT2D eigenvalue weighted by molar-refractivity contribution is -0.129. The number of amides is 1. The smallest absolute Gasteiger partial charge is 0.347 e. The minimum Gasteiger partial charge on any atom is -0.505 e. The first-order valence-electron chi connectivity index (χ1n) is 10.1. The molecule has 0 bridgehead atoms. The van der Waals surface area contributed by atoms with Crippen molar-refractivity contribution in [3.63, 3.8) is 0 Å². The summed E-state index contributed by atoms with van der Waals surface area (Å²) in [6.45, 7) is 1.68. The third kappa shape index (κ3) is 3.57. The number of hydrogen-bond acceptors (Lipinski definition) is 7. The lowest BCUT2D eigenvalue weighted by atomic mass is 9.96. The Balaban J connectivity index is 1.90. The van der Waals surface area contributed by atoms with E-state index in [2.05, 4.69) is 10.6 Å². The molecule has 4 rings (SSSR count). The van der Waals surface area contributed by atoms with Gasteiger partial charge in [0.05, 0.1) is 13.2 Å². The molecule has 0 aliphatic carbocycles. The van der Waals surface area contributed by atoms with Crippen molar-refractivity contribution in [3.8, 4) is 5.75 Å². The largest absolute Gasteiger partial charge is 0.505 e. The predicted octanol–water partition coefficient (Wildman–Crippen LogP) is 1.39. The van der Waals surface area contributed by atoms with Gasteiger partial charge in [0, 0.05) is 13.6 Å². The second-order valence-corrected chi connectivity index (χ2v) is 7.39. The third-order valence-corrected chi connectivity index (χ3v) is 5.41. The maximum Gasteiger partial charge on any atom is 0.347 e. The highest BCUT2D eigenvalue weighted by atomic mass is 19.1. The number of pyridine rings is 1. The number of anilines is 1. The van der Waals surface area contributed by atoms with Gasteiger partial charge in [-0.05, 0) is 36.6 Å². The molecule has 32 heavy (non-hydrogen) atoms. The first-order valence-corrected chi connectivity index (χ1v) is 10.1. The molecule has 1 atom stereocenters. The summed E-state index contributed by atoms with van der Waals surface area (Å²) in [6.07, 6.45) is -0.661. The van der Waals surface area contributed by atoms with Crippen molar-refractivity contribution in [2.75, 3.05) is 25.5 Å². The molecule has 0 saturated heterocycles. The summed E-state index contributed by atoms with van der Waals surface area (Å²) in [5.74, 6) is -2.01. The maximum absolute atomic E-state index is 13.3. The van der Waals surface area contributed by atoms with Crippen LogP contribution < -0.4 is 16.2 Å². The molecular formula is C22H22FN3O6. The maximum atomic E-state index is 13.3. The summed E-state index contributed by atoms with van der Waals surface area (Å²) in [5, 5.41) is 16.3. The zero-order valence-electron chi connectivity index (χ0n) is 17.5. The number of benzene rings is 1. The van der Waals surface area contributed by atoms with Crippen molar-refractivity contribution < 1.29 is 28.6 Å². The third-order valence-electron chi connectivity index (χ3n) is 5.41. The van der Waals surface area contributed by atoms with E-state index in [0.717, 1.165) is 5.56 Å². The molecule has 9 nitrogen and oxygen atoms in total. The van der Waals surface area contributed by atoms with Crippen molar-refractivity contribution in [3.05, 3.63) is 62.8 Å². The molecule has 2 aliphatic rings. The fourth-order valence-electron chi connectivity index (χ4n) is 3.89. The van der Waals surface area contributed by atoms with Crippen molar-refractivity contribution in [2.24, 2.45) is 0 Å². The number of esters is 1. The zero-order valence-corrected chi connectivity index (χ0v) is 17.5. The van der Waals surface area contributed by atoms with Crippen LogP contribution in [0.2, 0.25) is 0 Å². The summed E-state index contributed by atoms with van der Waals surface area (Å²) in [6, 6.07) is 5.94. The molecule has 10 heteroatoms. The van der Waals surface area contributed by atoms with Crippen LogP contribution in [0.4, 0.5) is 10.1 Å². The normalized spacial score (nSPS) is 16.5. The van der Waals surface area contributed by atoms with Crippen LogP contribution in [0.15, 0.2) is 34.6 Å². The molecule has 2 aliphatic heterocycles. The van der Waals surface area contributed by atoms with E-state index in [4.69, 9.17) is 9.47 Å². The highest BCUT2D eigenvalue weighted by Crippen LogP contribution is 2.42. The van der Waals surface area contributed by atoms with Gasteiger partial charge in [-0.2, -0.15) is 0 Å². The van der Waals surface area contributed by atoms with E-state index < -0.39 is 34.9 Å². The Bertz CT molecular complexity index is 1190. The first-order chi connectivity index (χ1) is 15.3. The molecule has 1 amide bonds. The van der Waals surface area contributed by atoms with Gasteiger partial charge in [0.15, 0.2) is 17.4 Å². The fourth-order valence-corrected chi connectivity index (χ4v) is 3.89. The number of carbonyl (C=O) groups is 2. The molecule has 0 saturated carbocycles. The van der Waals surface area contributed by atoms with E-state index in [1.807, 2.05) is 0 Å². The van der Waals surface area contributed by atoms with Gasteiger partial charge in [-0.25, -0.2) is 9.18 Å². The van der Waals surface area contributed by atoms with Crippen LogP contribution in [-0.4, -0.2) is 47.9 Å². The molecule has 1 aromatic heterocycles. The molecule has 168 valence electrons. The Labute approximate surface area is 182 Å². The topological polar surface area (TPSA) is 119 Å². The monoisotopic (exact) mass is 443 g/mol. The van der Waals surface area contributed by atoms with E-state index in [9.17, 15) is 23.9 Å². The van der Waals surface area contributed by atoms with Crippen LogP contribution in [0.25, 0.3) is 5.76 Å². The van der Waals surface area contributed by atoms with E-state index in [0.29, 0.717) is 12.0 Å². The summed E-state index contributed by atoms with van der Waals surface area (Å²) in [5.41, 5.74) is 0.626. The Morgan fingerprint density at radius 1 is 1.34 bits per heavy atom. The molecule has 0 unspecified atom stereocenters. The molecule has 3 heterocycles. The van der Waals surface area contributed by atoms with E-state index in [1.165, 1.54) is 23.7 Å². The number of aromatic hydroxyl groups is 1. The number of likely N-dealkylation sites (N-methyl/N-ethyl adjacent to an activating group) is 1. The standard InChI is InChI=1S/C22H22FN3O6/c1-3-31-22(30)15-18(27)16-17-19(32-14(20(28)24-2)10-26(17)21(15)29)12(9-25-16)8-11-4-6-13(23)7-5-11/h4-7,14,25,27H,3,8-10H2,1-2H3,(H,24,28)/t14-/m1/s1. The summed E-state index contributed by atoms with van der Waals surface area (Å²) in [7, 11) is 1.45. The van der Waals surface area contributed by atoms with Gasteiger partial charge >= 0.3 is 5.97 Å². The van der Waals surface area contributed by atoms with Crippen molar-refractivity contribution in [2.45, 2.75) is 26.0 Å². The van der Waals surface area contributed by atoms with Gasteiger partial charge in [-0.15, -0.1) is 0 Å². The van der Waals surface area contributed by atoms with E-state index in [1.54, 1.807) is 19.1 Å². The predicted molar refractivity (Wildman–Crippen MR) is 113 cm³/mol.